The van der Waals surface area contributed by atoms with E-state index < -0.39 is 0 Å². The van der Waals surface area contributed by atoms with Gasteiger partial charge in [-0.1, -0.05) is 130 Å². The van der Waals surface area contributed by atoms with Gasteiger partial charge in [-0.2, -0.15) is 0 Å². The van der Waals surface area contributed by atoms with E-state index in [9.17, 15) is 0 Å². The quantitative estimate of drug-likeness (QED) is 0.176. The third kappa shape index (κ3) is 4.74. The second kappa shape index (κ2) is 11.8. The molecule has 4 bridgehead atoms. The van der Waals surface area contributed by atoms with Crippen LogP contribution in [0.2, 0.25) is 0 Å². The van der Waals surface area contributed by atoms with E-state index in [1.54, 1.807) is 11.1 Å². The first-order valence-corrected chi connectivity index (χ1v) is 19.7. The summed E-state index contributed by atoms with van der Waals surface area (Å²) in [6.07, 6.45) is 7.07. The van der Waals surface area contributed by atoms with Gasteiger partial charge in [0, 0.05) is 22.4 Å². The smallest absolute Gasteiger partial charge is 0.0540 e. The molecule has 0 aliphatic heterocycles. The summed E-state index contributed by atoms with van der Waals surface area (Å²) in [6.45, 7) is 9.21. The van der Waals surface area contributed by atoms with Crippen LogP contribution in [0.5, 0.6) is 0 Å². The normalized spacial score (nSPS) is 23.8. The number of benzene rings is 6. The van der Waals surface area contributed by atoms with Crippen molar-refractivity contribution < 1.29 is 0 Å². The van der Waals surface area contributed by atoms with Crippen LogP contribution in [0, 0.1) is 30.6 Å². The molecule has 0 N–H and O–H groups in total. The molecule has 52 heavy (non-hydrogen) atoms. The topological polar surface area (TPSA) is 3.24 Å². The maximum absolute atomic E-state index is 2.50. The predicted octanol–water partition coefficient (Wildman–Crippen LogP) is 13.8. The molecule has 5 aliphatic rings. The van der Waals surface area contributed by atoms with Gasteiger partial charge in [0.15, 0.2) is 0 Å². The van der Waals surface area contributed by atoms with E-state index in [4.69, 9.17) is 0 Å². The standard InChI is InChI=1S/C51H49N/c1-33-27-41(52(40-23-21-37(22-24-40)50(2,3)4)48-20-11-9-15-43(48)36-13-6-5-7-14-36)25-26-42(33)45-17-12-18-46-44-16-8-10-19-47(44)51(49(45)46)38-29-34-28-35(31-38)32-39(51)30-34/h5-27,34-35,38-39H,28-32H2,1-4H3. The van der Waals surface area contributed by atoms with Crippen LogP contribution in [0.1, 0.15) is 75.1 Å². The predicted molar refractivity (Wildman–Crippen MR) is 219 cm³/mol. The van der Waals surface area contributed by atoms with Crippen LogP contribution in [-0.4, -0.2) is 0 Å². The van der Waals surface area contributed by atoms with Gasteiger partial charge in [0.1, 0.15) is 0 Å². The highest BCUT2D eigenvalue weighted by Crippen LogP contribution is 2.70. The number of hydrogen-bond acceptors (Lipinski definition) is 1. The molecule has 258 valence electrons. The van der Waals surface area contributed by atoms with E-state index in [-0.39, 0.29) is 10.8 Å². The first-order valence-electron chi connectivity index (χ1n) is 19.7. The molecule has 0 unspecified atom stereocenters. The highest BCUT2D eigenvalue weighted by atomic mass is 15.1. The summed E-state index contributed by atoms with van der Waals surface area (Å²) in [7, 11) is 0. The molecule has 6 aromatic carbocycles. The number of rotatable bonds is 5. The van der Waals surface area contributed by atoms with E-state index >= 15 is 0 Å². The third-order valence-electron chi connectivity index (χ3n) is 13.5. The third-order valence-corrected chi connectivity index (χ3v) is 13.5. The lowest BCUT2D eigenvalue weighted by Crippen LogP contribution is -2.55. The molecule has 0 saturated heterocycles. The lowest BCUT2D eigenvalue weighted by atomic mass is 9.42. The van der Waals surface area contributed by atoms with Gasteiger partial charge < -0.3 is 4.90 Å². The van der Waals surface area contributed by atoms with Crippen molar-refractivity contribution in [3.05, 3.63) is 162 Å². The molecule has 0 heterocycles. The molecule has 0 radical (unpaired) electrons. The summed E-state index contributed by atoms with van der Waals surface area (Å²) in [6, 6.07) is 52.9. The number of nitrogens with zero attached hydrogens (tertiary/aromatic N) is 1. The largest absolute Gasteiger partial charge is 0.310 e. The molecule has 0 atom stereocenters. The average molecular weight is 676 g/mol. The van der Waals surface area contributed by atoms with Gasteiger partial charge >= 0.3 is 0 Å². The van der Waals surface area contributed by atoms with E-state index in [2.05, 4.69) is 172 Å². The molecule has 4 saturated carbocycles. The van der Waals surface area contributed by atoms with Gasteiger partial charge in [0.25, 0.3) is 0 Å². The molecule has 4 fully saturated rings. The Morgan fingerprint density at radius 1 is 0.519 bits per heavy atom. The van der Waals surface area contributed by atoms with Crippen molar-refractivity contribution in [2.75, 3.05) is 4.90 Å². The van der Waals surface area contributed by atoms with Crippen molar-refractivity contribution in [3.8, 4) is 33.4 Å². The fraction of sp³-hybridized carbons (Fsp3) is 0.294. The zero-order valence-corrected chi connectivity index (χ0v) is 31.1. The Labute approximate surface area is 310 Å². The fourth-order valence-corrected chi connectivity index (χ4v) is 11.6. The number of hydrogen-bond donors (Lipinski definition) is 0. The summed E-state index contributed by atoms with van der Waals surface area (Å²) in [5.41, 5.74) is 18.0. The van der Waals surface area contributed by atoms with E-state index in [1.165, 1.54) is 93.7 Å². The Kier molecular flexibility index (Phi) is 7.23. The van der Waals surface area contributed by atoms with E-state index in [0.717, 1.165) is 23.7 Å². The SMILES string of the molecule is Cc1cc(N(c2ccc(C(C)(C)C)cc2)c2ccccc2-c2ccccc2)ccc1-c1cccc2c1C1(c3ccccc3-2)C2CC3CC(C2)CC1C3. The molecule has 1 spiro atoms. The lowest BCUT2D eigenvalue weighted by Gasteiger charge is -2.61. The van der Waals surface area contributed by atoms with Gasteiger partial charge in [0.05, 0.1) is 5.69 Å². The van der Waals surface area contributed by atoms with Crippen molar-refractivity contribution in [3.63, 3.8) is 0 Å². The minimum absolute atomic E-state index is 0.0910. The number of fused-ring (bicyclic) bond motifs is 3. The zero-order valence-electron chi connectivity index (χ0n) is 31.1. The molecule has 5 aliphatic carbocycles. The summed E-state index contributed by atoms with van der Waals surface area (Å²) >= 11 is 0. The Morgan fingerprint density at radius 3 is 1.77 bits per heavy atom. The molecule has 1 nitrogen and oxygen atoms in total. The lowest BCUT2D eigenvalue weighted by molar-refractivity contribution is -0.0397. The number of anilines is 3. The Balaban J connectivity index is 1.14. The van der Waals surface area contributed by atoms with Crippen molar-refractivity contribution in [2.45, 2.75) is 70.6 Å². The summed E-state index contributed by atoms with van der Waals surface area (Å²) in [5, 5.41) is 0. The number of aryl methyl sites for hydroxylation is 1. The molecule has 6 aromatic rings. The van der Waals surface area contributed by atoms with Gasteiger partial charge in [-0.25, -0.2) is 0 Å². The van der Waals surface area contributed by atoms with Crippen LogP contribution < -0.4 is 4.90 Å². The van der Waals surface area contributed by atoms with Crippen LogP contribution >= 0.6 is 0 Å². The molecular formula is C51H49N. The average Bonchev–Trinajstić information content (AvgIpc) is 3.45. The van der Waals surface area contributed by atoms with Crippen LogP contribution in [0.15, 0.2) is 140 Å². The first kappa shape index (κ1) is 31.8. The minimum Gasteiger partial charge on any atom is -0.310 e. The van der Waals surface area contributed by atoms with Crippen LogP contribution in [0.3, 0.4) is 0 Å². The Bertz CT molecular complexity index is 2280. The highest BCUT2D eigenvalue weighted by Gasteiger charge is 2.62. The summed E-state index contributed by atoms with van der Waals surface area (Å²) in [4.78, 5) is 2.47. The summed E-state index contributed by atoms with van der Waals surface area (Å²) < 4.78 is 0. The molecule has 11 rings (SSSR count). The molecule has 0 aromatic heterocycles. The molecule has 1 heteroatoms. The van der Waals surface area contributed by atoms with Crippen LogP contribution in [-0.2, 0) is 10.8 Å². The van der Waals surface area contributed by atoms with Crippen molar-refractivity contribution in [1.82, 2.24) is 0 Å². The van der Waals surface area contributed by atoms with E-state index in [1.807, 2.05) is 0 Å². The van der Waals surface area contributed by atoms with Crippen molar-refractivity contribution in [2.24, 2.45) is 23.7 Å². The van der Waals surface area contributed by atoms with Crippen LogP contribution in [0.25, 0.3) is 33.4 Å². The Morgan fingerprint density at radius 2 is 1.10 bits per heavy atom. The van der Waals surface area contributed by atoms with Gasteiger partial charge in [-0.15, -0.1) is 0 Å². The minimum atomic E-state index is 0.0910. The maximum Gasteiger partial charge on any atom is 0.0540 e. The van der Waals surface area contributed by atoms with Crippen molar-refractivity contribution >= 4 is 17.1 Å². The van der Waals surface area contributed by atoms with Gasteiger partial charge in [-0.05, 0) is 149 Å². The first-order chi connectivity index (χ1) is 25.3. The van der Waals surface area contributed by atoms with Gasteiger partial charge in [-0.3, -0.25) is 0 Å². The zero-order chi connectivity index (χ0) is 35.2. The number of para-hydroxylation sites is 1. The highest BCUT2D eigenvalue weighted by molar-refractivity contribution is 5.92. The monoisotopic (exact) mass is 675 g/mol. The maximum atomic E-state index is 2.50. The fourth-order valence-electron chi connectivity index (χ4n) is 11.6. The van der Waals surface area contributed by atoms with Crippen molar-refractivity contribution in [1.29, 1.82) is 0 Å². The summed E-state index contributed by atoms with van der Waals surface area (Å²) in [5.74, 6) is 3.35. The second-order valence-corrected chi connectivity index (χ2v) is 17.5. The van der Waals surface area contributed by atoms with Crippen LogP contribution in [0.4, 0.5) is 17.1 Å². The van der Waals surface area contributed by atoms with E-state index in [0.29, 0.717) is 0 Å². The van der Waals surface area contributed by atoms with Gasteiger partial charge in [0.2, 0.25) is 0 Å². The second-order valence-electron chi connectivity index (χ2n) is 17.5. The Hall–Kier alpha value is -4.88. The molecular weight excluding hydrogens is 627 g/mol. The molecule has 0 amide bonds.